The van der Waals surface area contributed by atoms with Crippen LogP contribution >= 0.6 is 0 Å². The minimum absolute atomic E-state index is 0.111. The summed E-state index contributed by atoms with van der Waals surface area (Å²) in [6.07, 6.45) is 3.37. The molecule has 0 bridgehead atoms. The normalized spacial score (nSPS) is 15.7. The predicted octanol–water partition coefficient (Wildman–Crippen LogP) is 3.21. The lowest BCUT2D eigenvalue weighted by molar-refractivity contribution is -0.148. The number of carbonyl (C=O) groups excluding carboxylic acids is 2. The number of carbonyl (C=O) groups is 2. The lowest BCUT2D eigenvalue weighted by Crippen LogP contribution is -2.35. The molecule has 1 aliphatic rings. The molecule has 3 rings (SSSR count). The Morgan fingerprint density at radius 2 is 1.66 bits per heavy atom. The van der Waals surface area contributed by atoms with Gasteiger partial charge < -0.3 is 10.1 Å². The van der Waals surface area contributed by atoms with Crippen LogP contribution in [0, 0.1) is 0 Å². The smallest absolute Gasteiger partial charge is 0.306 e. The van der Waals surface area contributed by atoms with Crippen LogP contribution in [0.15, 0.2) is 59.5 Å². The molecule has 1 fully saturated rings. The highest BCUT2D eigenvalue weighted by molar-refractivity contribution is 7.89. The van der Waals surface area contributed by atoms with Crippen LogP contribution in [0.25, 0.3) is 0 Å². The van der Waals surface area contributed by atoms with Crippen molar-refractivity contribution in [2.75, 3.05) is 19.7 Å². The van der Waals surface area contributed by atoms with Gasteiger partial charge in [0.05, 0.1) is 10.9 Å². The Hall–Kier alpha value is -2.71. The highest BCUT2D eigenvalue weighted by Crippen LogP contribution is 2.21. The zero-order valence-electron chi connectivity index (χ0n) is 18.3. The number of amides is 1. The van der Waals surface area contributed by atoms with Gasteiger partial charge in [0.1, 0.15) is 0 Å². The van der Waals surface area contributed by atoms with Crippen LogP contribution in [0.2, 0.25) is 0 Å². The quantitative estimate of drug-likeness (QED) is 0.583. The van der Waals surface area contributed by atoms with Crippen LogP contribution in [-0.4, -0.2) is 44.3 Å². The van der Waals surface area contributed by atoms with Crippen molar-refractivity contribution >= 4 is 21.9 Å². The van der Waals surface area contributed by atoms with Crippen LogP contribution in [0.5, 0.6) is 0 Å². The Morgan fingerprint density at radius 1 is 1.00 bits per heavy atom. The first-order valence-corrected chi connectivity index (χ1v) is 12.4. The van der Waals surface area contributed by atoms with E-state index in [1.54, 1.807) is 24.3 Å². The van der Waals surface area contributed by atoms with E-state index in [-0.39, 0.29) is 29.9 Å². The van der Waals surface area contributed by atoms with Gasteiger partial charge in [-0.25, -0.2) is 8.42 Å². The van der Waals surface area contributed by atoms with Crippen molar-refractivity contribution in [3.8, 4) is 0 Å². The monoisotopic (exact) mass is 458 g/mol. The van der Waals surface area contributed by atoms with Crippen LogP contribution in [0.1, 0.15) is 49.8 Å². The molecule has 1 heterocycles. The van der Waals surface area contributed by atoms with Gasteiger partial charge in [-0.05, 0) is 49.4 Å². The Kier molecular flexibility index (Phi) is 8.41. The molecule has 0 aromatic heterocycles. The molecule has 8 heteroatoms. The van der Waals surface area contributed by atoms with Gasteiger partial charge in [0, 0.05) is 19.5 Å². The second-order valence-corrected chi connectivity index (χ2v) is 9.91. The first-order valence-electron chi connectivity index (χ1n) is 11.0. The molecule has 1 aliphatic heterocycles. The van der Waals surface area contributed by atoms with Crippen molar-refractivity contribution in [3.05, 3.63) is 65.7 Å². The number of sulfonamides is 1. The zero-order valence-corrected chi connectivity index (χ0v) is 19.1. The molecule has 1 atom stereocenters. The number of hydrogen-bond donors (Lipinski definition) is 1. The van der Waals surface area contributed by atoms with Crippen molar-refractivity contribution in [1.29, 1.82) is 0 Å². The summed E-state index contributed by atoms with van der Waals surface area (Å²) >= 11 is 0. The summed E-state index contributed by atoms with van der Waals surface area (Å²) in [5, 5.41) is 2.80. The van der Waals surface area contributed by atoms with Gasteiger partial charge in [-0.2, -0.15) is 4.31 Å². The minimum Gasteiger partial charge on any atom is -0.456 e. The maximum absolute atomic E-state index is 12.7. The summed E-state index contributed by atoms with van der Waals surface area (Å²) in [7, 11) is -3.46. The second-order valence-electron chi connectivity index (χ2n) is 7.97. The number of nitrogens with one attached hydrogen (secondary N) is 1. The van der Waals surface area contributed by atoms with E-state index in [1.165, 1.54) is 4.31 Å². The molecule has 2 aromatic carbocycles. The van der Waals surface area contributed by atoms with Gasteiger partial charge in [0.25, 0.3) is 5.91 Å². The molecule has 7 nitrogen and oxygen atoms in total. The Morgan fingerprint density at radius 3 is 2.31 bits per heavy atom. The van der Waals surface area contributed by atoms with Gasteiger partial charge in [-0.15, -0.1) is 0 Å². The molecular weight excluding hydrogens is 428 g/mol. The summed E-state index contributed by atoms with van der Waals surface area (Å²) < 4.78 is 32.0. The third-order valence-electron chi connectivity index (χ3n) is 5.54. The summed E-state index contributed by atoms with van der Waals surface area (Å²) in [5.74, 6) is -0.834. The molecule has 2 aromatic rings. The van der Waals surface area contributed by atoms with E-state index in [0.717, 1.165) is 30.4 Å². The van der Waals surface area contributed by atoms with Crippen molar-refractivity contribution in [2.45, 2.75) is 50.0 Å². The fraction of sp³-hybridized carbons (Fsp3) is 0.417. The molecule has 1 saturated heterocycles. The highest BCUT2D eigenvalue weighted by atomic mass is 32.2. The van der Waals surface area contributed by atoms with Crippen LogP contribution in [0.3, 0.4) is 0 Å². The number of piperidine rings is 1. The number of ether oxygens (including phenoxy) is 1. The minimum atomic E-state index is -3.46. The standard InChI is InChI=1S/C24H30N2O5S/c1-19(21-8-4-2-5-9-21)25-23(27)18-31-24(28)15-12-20-10-13-22(14-11-20)32(29,30)26-16-6-3-7-17-26/h2,4-5,8-11,13-14,19H,3,6-7,12,15-18H2,1H3,(H,25,27)/t19-/m0/s1. The molecule has 0 spiro atoms. The van der Waals surface area contributed by atoms with Gasteiger partial charge in [0.15, 0.2) is 6.61 Å². The Balaban J connectivity index is 1.42. The van der Waals surface area contributed by atoms with E-state index in [0.29, 0.717) is 19.5 Å². The van der Waals surface area contributed by atoms with E-state index < -0.39 is 16.0 Å². The number of rotatable bonds is 9. The number of aryl methyl sites for hydroxylation is 1. The van der Waals surface area contributed by atoms with Crippen LogP contribution in [-0.2, 0) is 30.8 Å². The first-order chi connectivity index (χ1) is 15.4. The molecule has 172 valence electrons. The summed E-state index contributed by atoms with van der Waals surface area (Å²) in [6, 6.07) is 16.0. The Bertz CT molecular complexity index is 1000. The number of esters is 1. The van der Waals surface area contributed by atoms with Gasteiger partial charge in [-0.3, -0.25) is 9.59 Å². The Labute approximate surface area is 189 Å². The third-order valence-corrected chi connectivity index (χ3v) is 7.45. The summed E-state index contributed by atoms with van der Waals surface area (Å²) in [5.41, 5.74) is 1.81. The lowest BCUT2D eigenvalue weighted by atomic mass is 10.1. The summed E-state index contributed by atoms with van der Waals surface area (Å²) in [4.78, 5) is 24.3. The van der Waals surface area contributed by atoms with E-state index in [9.17, 15) is 18.0 Å². The van der Waals surface area contributed by atoms with E-state index in [4.69, 9.17) is 4.74 Å². The van der Waals surface area contributed by atoms with Crippen molar-refractivity contribution < 1.29 is 22.7 Å². The molecule has 1 N–H and O–H groups in total. The van der Waals surface area contributed by atoms with Gasteiger partial charge in [-0.1, -0.05) is 48.9 Å². The van der Waals surface area contributed by atoms with E-state index >= 15 is 0 Å². The molecule has 1 amide bonds. The summed E-state index contributed by atoms with van der Waals surface area (Å²) in [6.45, 7) is 2.66. The molecule has 0 unspecified atom stereocenters. The van der Waals surface area contributed by atoms with Crippen LogP contribution in [0.4, 0.5) is 0 Å². The molecular formula is C24H30N2O5S. The average molecular weight is 459 g/mol. The average Bonchev–Trinajstić information content (AvgIpc) is 2.82. The van der Waals surface area contributed by atoms with Gasteiger partial charge >= 0.3 is 5.97 Å². The molecule has 0 radical (unpaired) electrons. The maximum atomic E-state index is 12.7. The zero-order chi connectivity index (χ0) is 23.0. The molecule has 0 aliphatic carbocycles. The largest absolute Gasteiger partial charge is 0.456 e. The van der Waals surface area contributed by atoms with E-state index in [1.807, 2.05) is 37.3 Å². The van der Waals surface area contributed by atoms with Crippen molar-refractivity contribution in [2.24, 2.45) is 0 Å². The van der Waals surface area contributed by atoms with Gasteiger partial charge in [0.2, 0.25) is 10.0 Å². The van der Waals surface area contributed by atoms with E-state index in [2.05, 4.69) is 5.32 Å². The fourth-order valence-electron chi connectivity index (χ4n) is 3.66. The second kappa shape index (κ2) is 11.2. The number of benzene rings is 2. The molecule has 0 saturated carbocycles. The topological polar surface area (TPSA) is 92.8 Å². The number of hydrogen-bond acceptors (Lipinski definition) is 5. The third kappa shape index (κ3) is 6.64. The fourth-order valence-corrected chi connectivity index (χ4v) is 5.17. The van der Waals surface area contributed by atoms with Crippen molar-refractivity contribution in [3.63, 3.8) is 0 Å². The van der Waals surface area contributed by atoms with Crippen molar-refractivity contribution in [1.82, 2.24) is 9.62 Å². The predicted molar refractivity (Wildman–Crippen MR) is 121 cm³/mol. The maximum Gasteiger partial charge on any atom is 0.306 e. The van der Waals surface area contributed by atoms with Crippen LogP contribution < -0.4 is 5.32 Å². The molecule has 32 heavy (non-hydrogen) atoms. The number of nitrogens with zero attached hydrogens (tertiary/aromatic N) is 1. The first kappa shape index (κ1) is 23.9. The SMILES string of the molecule is C[C@H](NC(=O)COC(=O)CCc1ccc(S(=O)(=O)N2CCCCC2)cc1)c1ccccc1. The lowest BCUT2D eigenvalue weighted by Gasteiger charge is -2.25. The highest BCUT2D eigenvalue weighted by Gasteiger charge is 2.25.